The van der Waals surface area contributed by atoms with Crippen molar-refractivity contribution in [1.29, 1.82) is 0 Å². The molecule has 3 rings (SSSR count). The van der Waals surface area contributed by atoms with E-state index in [1.165, 1.54) is 0 Å². The van der Waals surface area contributed by atoms with Gasteiger partial charge in [-0.25, -0.2) is 9.97 Å². The molecule has 2 N–H and O–H groups in total. The lowest BCUT2D eigenvalue weighted by Crippen LogP contribution is -2.05. The van der Waals surface area contributed by atoms with Gasteiger partial charge in [0, 0.05) is 17.3 Å². The number of imidazole rings is 1. The van der Waals surface area contributed by atoms with E-state index >= 15 is 0 Å². The third-order valence-corrected chi connectivity index (χ3v) is 3.32. The molecular formula is C14H13ClN4O. The molecule has 2 aromatic heterocycles. The summed E-state index contributed by atoms with van der Waals surface area (Å²) in [5.41, 5.74) is 8.75. The van der Waals surface area contributed by atoms with Crippen molar-refractivity contribution in [1.82, 2.24) is 14.5 Å². The summed E-state index contributed by atoms with van der Waals surface area (Å²) in [4.78, 5) is 8.41. The van der Waals surface area contributed by atoms with Gasteiger partial charge in [-0.3, -0.25) is 0 Å². The summed E-state index contributed by atoms with van der Waals surface area (Å²) in [6, 6.07) is 9.31. The fourth-order valence-corrected chi connectivity index (χ4v) is 2.29. The fraction of sp³-hybridized carbons (Fsp3) is 0.143. The van der Waals surface area contributed by atoms with Gasteiger partial charge in [0.15, 0.2) is 0 Å². The second kappa shape index (κ2) is 5.02. The highest BCUT2D eigenvalue weighted by Gasteiger charge is 2.09. The first-order valence-corrected chi connectivity index (χ1v) is 6.45. The molecule has 0 atom stereocenters. The first-order valence-electron chi connectivity index (χ1n) is 6.07. The summed E-state index contributed by atoms with van der Waals surface area (Å²) >= 11 is 6.04. The van der Waals surface area contributed by atoms with E-state index < -0.39 is 0 Å². The highest BCUT2D eigenvalue weighted by Crippen LogP contribution is 2.23. The maximum Gasteiger partial charge on any atom is 0.213 e. The second-order valence-corrected chi connectivity index (χ2v) is 4.83. The number of aromatic nitrogens is 3. The summed E-state index contributed by atoms with van der Waals surface area (Å²) in [5.74, 6) is 1.03. The van der Waals surface area contributed by atoms with Gasteiger partial charge >= 0.3 is 0 Å². The average molecular weight is 289 g/mol. The van der Waals surface area contributed by atoms with Crippen molar-refractivity contribution in [3.05, 3.63) is 47.1 Å². The number of hydrogen-bond donors (Lipinski definition) is 1. The van der Waals surface area contributed by atoms with Crippen LogP contribution in [0.5, 0.6) is 5.88 Å². The Bertz CT molecular complexity index is 769. The van der Waals surface area contributed by atoms with Crippen LogP contribution < -0.4 is 10.5 Å². The lowest BCUT2D eigenvalue weighted by atomic mass is 10.2. The van der Waals surface area contributed by atoms with Gasteiger partial charge in [-0.15, -0.1) is 0 Å². The number of nitrogen functional groups attached to an aromatic ring is 1. The summed E-state index contributed by atoms with van der Waals surface area (Å²) in [6.45, 7) is 0.585. The normalized spacial score (nSPS) is 10.9. The van der Waals surface area contributed by atoms with Gasteiger partial charge in [0.2, 0.25) is 11.8 Å². The van der Waals surface area contributed by atoms with Crippen LogP contribution in [0, 0.1) is 0 Å². The molecule has 0 saturated heterocycles. The van der Waals surface area contributed by atoms with E-state index in [2.05, 4.69) is 9.97 Å². The van der Waals surface area contributed by atoms with Crippen LogP contribution in [0.25, 0.3) is 11.0 Å². The predicted octanol–water partition coefficient (Wildman–Crippen LogP) is 2.72. The molecule has 20 heavy (non-hydrogen) atoms. The molecule has 0 fully saturated rings. The number of nitrogens with two attached hydrogens (primary N) is 1. The molecule has 0 aliphatic carbocycles. The Morgan fingerprint density at radius 1 is 1.30 bits per heavy atom. The number of nitrogens with zero attached hydrogens (tertiary/aromatic N) is 3. The molecule has 0 aliphatic heterocycles. The van der Waals surface area contributed by atoms with E-state index in [0.29, 0.717) is 23.4 Å². The molecule has 0 saturated carbocycles. The molecule has 6 heteroatoms. The summed E-state index contributed by atoms with van der Waals surface area (Å²) in [6.07, 6.45) is 1.70. The number of anilines is 1. The van der Waals surface area contributed by atoms with E-state index in [0.717, 1.165) is 16.6 Å². The second-order valence-electron chi connectivity index (χ2n) is 4.40. The monoisotopic (exact) mass is 288 g/mol. The number of hydrogen-bond acceptors (Lipinski definition) is 4. The third-order valence-electron chi connectivity index (χ3n) is 3.09. The van der Waals surface area contributed by atoms with E-state index in [9.17, 15) is 0 Å². The summed E-state index contributed by atoms with van der Waals surface area (Å²) < 4.78 is 7.04. The molecule has 0 spiro atoms. The van der Waals surface area contributed by atoms with Crippen molar-refractivity contribution in [3.8, 4) is 5.88 Å². The van der Waals surface area contributed by atoms with Gasteiger partial charge in [-0.05, 0) is 29.8 Å². The summed E-state index contributed by atoms with van der Waals surface area (Å²) in [7, 11) is 1.59. The Balaban J connectivity index is 2.05. The zero-order chi connectivity index (χ0) is 14.1. The SMILES string of the molecule is COc1cc(Cn2c(N)nc3ccc(Cl)cc32)ccn1. The maximum absolute atomic E-state index is 6.04. The molecule has 0 unspecified atom stereocenters. The lowest BCUT2D eigenvalue weighted by molar-refractivity contribution is 0.397. The number of rotatable bonds is 3. The molecule has 1 aromatic carbocycles. The molecule has 0 radical (unpaired) electrons. The van der Waals surface area contributed by atoms with Crippen molar-refractivity contribution in [2.45, 2.75) is 6.54 Å². The van der Waals surface area contributed by atoms with Crippen LogP contribution in [0.2, 0.25) is 5.02 Å². The van der Waals surface area contributed by atoms with E-state index in [4.69, 9.17) is 22.1 Å². The number of methoxy groups -OCH3 is 1. The number of fused-ring (bicyclic) bond motifs is 1. The molecule has 0 aliphatic rings. The number of ether oxygens (including phenoxy) is 1. The molecule has 5 nitrogen and oxygen atoms in total. The highest BCUT2D eigenvalue weighted by molar-refractivity contribution is 6.31. The lowest BCUT2D eigenvalue weighted by Gasteiger charge is -2.08. The summed E-state index contributed by atoms with van der Waals surface area (Å²) in [5, 5.41) is 0.658. The average Bonchev–Trinajstić information content (AvgIpc) is 2.75. The van der Waals surface area contributed by atoms with Crippen LogP contribution in [0.3, 0.4) is 0 Å². The van der Waals surface area contributed by atoms with E-state index in [-0.39, 0.29) is 0 Å². The Kier molecular flexibility index (Phi) is 3.20. The van der Waals surface area contributed by atoms with Crippen molar-refractivity contribution < 1.29 is 4.74 Å². The Morgan fingerprint density at radius 3 is 2.95 bits per heavy atom. The van der Waals surface area contributed by atoms with Crippen molar-refractivity contribution >= 4 is 28.6 Å². The zero-order valence-corrected chi connectivity index (χ0v) is 11.6. The van der Waals surface area contributed by atoms with Crippen molar-refractivity contribution in [2.24, 2.45) is 0 Å². The quantitative estimate of drug-likeness (QED) is 0.805. The zero-order valence-electron chi connectivity index (χ0n) is 10.9. The maximum atomic E-state index is 6.04. The minimum atomic E-state index is 0.457. The number of benzene rings is 1. The Labute approximate surface area is 121 Å². The predicted molar refractivity (Wildman–Crippen MR) is 79.0 cm³/mol. The molecule has 0 bridgehead atoms. The Morgan fingerprint density at radius 2 is 2.15 bits per heavy atom. The standard InChI is InChI=1S/C14H13ClN4O/c1-20-13-6-9(4-5-17-13)8-19-12-7-10(15)2-3-11(12)18-14(19)16/h2-7H,8H2,1H3,(H2,16,18). The number of pyridine rings is 1. The van der Waals surface area contributed by atoms with Gasteiger partial charge < -0.3 is 15.0 Å². The first kappa shape index (κ1) is 12.7. The number of halogens is 1. The minimum absolute atomic E-state index is 0.457. The largest absolute Gasteiger partial charge is 0.481 e. The molecule has 0 amide bonds. The van der Waals surface area contributed by atoms with Crippen LogP contribution >= 0.6 is 11.6 Å². The van der Waals surface area contributed by atoms with Gasteiger partial charge in [0.25, 0.3) is 0 Å². The molecule has 102 valence electrons. The van der Waals surface area contributed by atoms with Gasteiger partial charge in [0.1, 0.15) is 0 Å². The molecular weight excluding hydrogens is 276 g/mol. The molecule has 3 aromatic rings. The first-order chi connectivity index (χ1) is 9.67. The smallest absolute Gasteiger partial charge is 0.213 e. The van der Waals surface area contributed by atoms with Gasteiger partial charge in [0.05, 0.1) is 24.7 Å². The van der Waals surface area contributed by atoms with E-state index in [1.807, 2.05) is 28.8 Å². The third kappa shape index (κ3) is 2.28. The van der Waals surface area contributed by atoms with Crippen LogP contribution in [0.1, 0.15) is 5.56 Å². The van der Waals surface area contributed by atoms with Crippen LogP contribution in [0.15, 0.2) is 36.5 Å². The van der Waals surface area contributed by atoms with Crippen LogP contribution in [-0.4, -0.2) is 21.6 Å². The van der Waals surface area contributed by atoms with Crippen LogP contribution in [0.4, 0.5) is 5.95 Å². The topological polar surface area (TPSA) is 66.0 Å². The van der Waals surface area contributed by atoms with Crippen molar-refractivity contribution in [3.63, 3.8) is 0 Å². The highest BCUT2D eigenvalue weighted by atomic mass is 35.5. The van der Waals surface area contributed by atoms with Gasteiger partial charge in [-0.2, -0.15) is 0 Å². The van der Waals surface area contributed by atoms with E-state index in [1.54, 1.807) is 19.4 Å². The molecule has 2 heterocycles. The van der Waals surface area contributed by atoms with Crippen LogP contribution in [-0.2, 0) is 6.54 Å². The minimum Gasteiger partial charge on any atom is -0.481 e. The fourth-order valence-electron chi connectivity index (χ4n) is 2.12. The van der Waals surface area contributed by atoms with Gasteiger partial charge in [-0.1, -0.05) is 11.6 Å². The Hall–Kier alpha value is -2.27. The van der Waals surface area contributed by atoms with Crippen molar-refractivity contribution in [2.75, 3.05) is 12.8 Å².